The minimum absolute atomic E-state index is 0.708. The smallest absolute Gasteiger partial charge is 0.123 e. The minimum atomic E-state index is -0.873. The van der Waals surface area contributed by atoms with Crippen LogP contribution in [0.2, 0.25) is 0 Å². The Morgan fingerprint density at radius 3 is 2.47 bits per heavy atom. The molecule has 0 spiro atoms. The van der Waals surface area contributed by atoms with Gasteiger partial charge in [0.15, 0.2) is 0 Å². The maximum absolute atomic E-state index is 9.78. The molecule has 0 bridgehead atoms. The highest BCUT2D eigenvalue weighted by molar-refractivity contribution is 7.13. The van der Waals surface area contributed by atoms with Crippen molar-refractivity contribution in [1.82, 2.24) is 9.97 Å². The maximum Gasteiger partial charge on any atom is 0.123 e. The quantitative estimate of drug-likeness (QED) is 0.845. The van der Waals surface area contributed by atoms with Crippen LogP contribution in [-0.4, -0.2) is 15.1 Å². The van der Waals surface area contributed by atoms with Crippen molar-refractivity contribution in [1.29, 1.82) is 0 Å². The van der Waals surface area contributed by atoms with E-state index in [0.29, 0.717) is 5.69 Å². The van der Waals surface area contributed by atoms with Crippen LogP contribution in [0.4, 0.5) is 0 Å². The molecule has 0 amide bonds. The summed E-state index contributed by atoms with van der Waals surface area (Å²) in [6, 6.07) is 3.82. The van der Waals surface area contributed by atoms with Gasteiger partial charge in [-0.2, -0.15) is 0 Å². The van der Waals surface area contributed by atoms with Crippen molar-refractivity contribution in [3.05, 3.63) is 35.6 Å². The van der Waals surface area contributed by atoms with Gasteiger partial charge in [-0.05, 0) is 26.0 Å². The van der Waals surface area contributed by atoms with E-state index in [1.54, 1.807) is 26.2 Å². The summed E-state index contributed by atoms with van der Waals surface area (Å²) >= 11 is 1.53. The number of rotatable bonds is 2. The first-order valence-electron chi connectivity index (χ1n) is 4.66. The molecule has 3 nitrogen and oxygen atoms in total. The average molecular weight is 220 g/mol. The topological polar surface area (TPSA) is 46.0 Å². The summed E-state index contributed by atoms with van der Waals surface area (Å²) in [6.07, 6.45) is 3.47. The van der Waals surface area contributed by atoms with Gasteiger partial charge in [-0.3, -0.25) is 4.98 Å². The van der Waals surface area contributed by atoms with Gasteiger partial charge in [0, 0.05) is 23.3 Å². The highest BCUT2D eigenvalue weighted by Crippen LogP contribution is 2.27. The van der Waals surface area contributed by atoms with E-state index in [2.05, 4.69) is 9.97 Å². The zero-order chi connectivity index (χ0) is 10.9. The molecule has 2 heterocycles. The zero-order valence-corrected chi connectivity index (χ0v) is 9.45. The molecular weight excluding hydrogens is 208 g/mol. The van der Waals surface area contributed by atoms with Crippen molar-refractivity contribution in [2.45, 2.75) is 19.4 Å². The molecular formula is C11H12N2OS. The number of aliphatic hydroxyl groups is 1. The van der Waals surface area contributed by atoms with E-state index in [-0.39, 0.29) is 0 Å². The fourth-order valence-corrected chi connectivity index (χ4v) is 2.17. The fraction of sp³-hybridized carbons (Fsp3) is 0.273. The van der Waals surface area contributed by atoms with Gasteiger partial charge in [0.2, 0.25) is 0 Å². The van der Waals surface area contributed by atoms with Crippen molar-refractivity contribution in [3.8, 4) is 10.6 Å². The maximum atomic E-state index is 9.78. The molecule has 0 fully saturated rings. The first kappa shape index (κ1) is 10.3. The van der Waals surface area contributed by atoms with E-state index < -0.39 is 5.60 Å². The van der Waals surface area contributed by atoms with Gasteiger partial charge in [0.25, 0.3) is 0 Å². The van der Waals surface area contributed by atoms with E-state index in [0.717, 1.165) is 10.6 Å². The number of thiazole rings is 1. The number of hydrogen-bond donors (Lipinski definition) is 1. The van der Waals surface area contributed by atoms with E-state index >= 15 is 0 Å². The number of pyridine rings is 1. The Morgan fingerprint density at radius 1 is 1.27 bits per heavy atom. The van der Waals surface area contributed by atoms with Crippen LogP contribution in [0.3, 0.4) is 0 Å². The minimum Gasteiger partial charge on any atom is -0.384 e. The number of hydrogen-bond acceptors (Lipinski definition) is 4. The van der Waals surface area contributed by atoms with E-state index in [1.165, 1.54) is 11.3 Å². The van der Waals surface area contributed by atoms with Crippen LogP contribution in [-0.2, 0) is 5.60 Å². The predicted octanol–water partition coefficient (Wildman–Crippen LogP) is 2.43. The van der Waals surface area contributed by atoms with E-state index in [9.17, 15) is 5.11 Å². The summed E-state index contributed by atoms with van der Waals surface area (Å²) in [6.45, 7) is 3.47. The summed E-state index contributed by atoms with van der Waals surface area (Å²) in [7, 11) is 0. The molecule has 0 aromatic carbocycles. The molecule has 2 rings (SSSR count). The molecule has 1 N–H and O–H groups in total. The molecule has 0 aliphatic carbocycles. The normalized spacial score (nSPS) is 11.7. The molecule has 0 unspecified atom stereocenters. The lowest BCUT2D eigenvalue weighted by atomic mass is 10.1. The van der Waals surface area contributed by atoms with Crippen molar-refractivity contribution in [3.63, 3.8) is 0 Å². The Hall–Kier alpha value is -1.26. The summed E-state index contributed by atoms with van der Waals surface area (Å²) in [5.41, 5.74) is 0.867. The molecule has 2 aromatic heterocycles. The third-order valence-corrected chi connectivity index (χ3v) is 2.95. The van der Waals surface area contributed by atoms with Crippen molar-refractivity contribution in [2.24, 2.45) is 0 Å². The Morgan fingerprint density at radius 2 is 1.93 bits per heavy atom. The van der Waals surface area contributed by atoms with Gasteiger partial charge in [0.05, 0.1) is 5.69 Å². The standard InChI is InChI=1S/C11H12N2OS/c1-11(2,14)9-7-15-10(13-9)8-3-5-12-6-4-8/h3-7,14H,1-2H3. The van der Waals surface area contributed by atoms with Crippen molar-refractivity contribution in [2.75, 3.05) is 0 Å². The summed E-state index contributed by atoms with van der Waals surface area (Å²) in [4.78, 5) is 8.35. The summed E-state index contributed by atoms with van der Waals surface area (Å²) < 4.78 is 0. The Kier molecular flexibility index (Phi) is 2.54. The van der Waals surface area contributed by atoms with Crippen LogP contribution < -0.4 is 0 Å². The molecule has 0 saturated carbocycles. The first-order valence-corrected chi connectivity index (χ1v) is 5.54. The van der Waals surface area contributed by atoms with Crippen LogP contribution in [0.1, 0.15) is 19.5 Å². The highest BCUT2D eigenvalue weighted by atomic mass is 32.1. The lowest BCUT2D eigenvalue weighted by molar-refractivity contribution is 0.0746. The monoisotopic (exact) mass is 220 g/mol. The van der Waals surface area contributed by atoms with Gasteiger partial charge in [-0.15, -0.1) is 11.3 Å². The molecule has 2 aromatic rings. The molecule has 0 radical (unpaired) electrons. The fourth-order valence-electron chi connectivity index (χ4n) is 1.18. The zero-order valence-electron chi connectivity index (χ0n) is 8.64. The first-order chi connectivity index (χ1) is 7.07. The molecule has 78 valence electrons. The third kappa shape index (κ3) is 2.22. The highest BCUT2D eigenvalue weighted by Gasteiger charge is 2.19. The van der Waals surface area contributed by atoms with Gasteiger partial charge in [-0.1, -0.05) is 0 Å². The van der Waals surface area contributed by atoms with Crippen LogP contribution in [0.15, 0.2) is 29.9 Å². The SMILES string of the molecule is CC(C)(O)c1csc(-c2ccncc2)n1. The lowest BCUT2D eigenvalue weighted by Crippen LogP contribution is -2.15. The van der Waals surface area contributed by atoms with Crippen molar-refractivity contribution >= 4 is 11.3 Å². The van der Waals surface area contributed by atoms with Crippen LogP contribution >= 0.6 is 11.3 Å². The molecule has 15 heavy (non-hydrogen) atoms. The van der Waals surface area contributed by atoms with E-state index in [1.807, 2.05) is 17.5 Å². The van der Waals surface area contributed by atoms with Crippen molar-refractivity contribution < 1.29 is 5.11 Å². The molecule has 0 aliphatic rings. The summed E-state index contributed by atoms with van der Waals surface area (Å²) in [5.74, 6) is 0. The molecule has 0 aliphatic heterocycles. The Labute approximate surface area is 92.5 Å². The van der Waals surface area contributed by atoms with Gasteiger partial charge < -0.3 is 5.11 Å². The predicted molar refractivity (Wildman–Crippen MR) is 60.6 cm³/mol. The van der Waals surface area contributed by atoms with Gasteiger partial charge >= 0.3 is 0 Å². The number of nitrogens with zero attached hydrogens (tertiary/aromatic N) is 2. The van der Waals surface area contributed by atoms with Gasteiger partial charge in [-0.25, -0.2) is 4.98 Å². The van der Waals surface area contributed by atoms with E-state index in [4.69, 9.17) is 0 Å². The van der Waals surface area contributed by atoms with Gasteiger partial charge in [0.1, 0.15) is 10.6 Å². The van der Waals surface area contributed by atoms with Crippen LogP contribution in [0, 0.1) is 0 Å². The largest absolute Gasteiger partial charge is 0.384 e. The molecule has 0 saturated heterocycles. The average Bonchev–Trinajstić information content (AvgIpc) is 2.67. The Bertz CT molecular complexity index is 445. The van der Waals surface area contributed by atoms with Crippen LogP contribution in [0.5, 0.6) is 0 Å². The molecule has 0 atom stereocenters. The second-order valence-electron chi connectivity index (χ2n) is 3.83. The second kappa shape index (κ2) is 3.72. The summed E-state index contributed by atoms with van der Waals surface area (Å²) in [5, 5.41) is 12.6. The second-order valence-corrected chi connectivity index (χ2v) is 4.69. The van der Waals surface area contributed by atoms with Crippen LogP contribution in [0.25, 0.3) is 10.6 Å². The lowest BCUT2D eigenvalue weighted by Gasteiger charge is -2.12. The Balaban J connectivity index is 2.37. The third-order valence-electron chi connectivity index (χ3n) is 2.06. The molecule has 4 heteroatoms. The number of aromatic nitrogens is 2.